The topological polar surface area (TPSA) is 68.0 Å². The second-order valence-corrected chi connectivity index (χ2v) is 6.90. The number of fused-ring (bicyclic) bond motifs is 1. The molecular weight excluding hydrogens is 306 g/mol. The van der Waals surface area contributed by atoms with Gasteiger partial charge in [0.15, 0.2) is 10.1 Å². The number of nitrogens with zero attached hydrogens (tertiary/aromatic N) is 2. The molecule has 0 atom stereocenters. The molecule has 3 aromatic rings. The Kier molecular flexibility index (Phi) is 3.94. The van der Waals surface area contributed by atoms with E-state index < -0.39 is 0 Å². The number of amides is 1. The van der Waals surface area contributed by atoms with Crippen molar-refractivity contribution in [1.82, 2.24) is 10.2 Å². The molecule has 0 unspecified atom stereocenters. The summed E-state index contributed by atoms with van der Waals surface area (Å²) in [6.07, 6.45) is 0. The normalized spacial score (nSPS) is 11.0. The molecule has 2 aromatic heterocycles. The Morgan fingerprint density at radius 1 is 1.38 bits per heavy atom. The Bertz CT molecular complexity index is 794. The number of hydrogen-bond acceptors (Lipinski definition) is 6. The smallest absolute Gasteiger partial charge is 0.293 e. The van der Waals surface area contributed by atoms with E-state index in [-0.39, 0.29) is 11.7 Å². The average molecular weight is 319 g/mol. The first kappa shape index (κ1) is 14.1. The summed E-state index contributed by atoms with van der Waals surface area (Å²) in [7, 11) is 0. The van der Waals surface area contributed by atoms with Crippen LogP contribution in [-0.4, -0.2) is 21.9 Å². The lowest BCUT2D eigenvalue weighted by Gasteiger charge is -1.95. The molecule has 5 nitrogen and oxygen atoms in total. The van der Waals surface area contributed by atoms with Crippen LogP contribution in [0.5, 0.6) is 0 Å². The number of furan rings is 1. The van der Waals surface area contributed by atoms with Gasteiger partial charge in [0, 0.05) is 5.39 Å². The number of carbonyl (C=O) groups is 1. The van der Waals surface area contributed by atoms with Gasteiger partial charge in [-0.2, -0.15) is 0 Å². The highest BCUT2D eigenvalue weighted by Crippen LogP contribution is 2.26. The zero-order valence-electron chi connectivity index (χ0n) is 11.5. The predicted molar refractivity (Wildman–Crippen MR) is 85.2 cm³/mol. The SMILES string of the molecule is CCSc1nnc(NC(=O)c2cc3cc(C)ccc3o2)s1. The van der Waals surface area contributed by atoms with Gasteiger partial charge in [-0.05, 0) is 30.9 Å². The van der Waals surface area contributed by atoms with Crippen LogP contribution in [0.25, 0.3) is 11.0 Å². The molecule has 0 saturated heterocycles. The van der Waals surface area contributed by atoms with Crippen LogP contribution in [0.15, 0.2) is 33.0 Å². The summed E-state index contributed by atoms with van der Waals surface area (Å²) in [4.78, 5) is 12.2. The van der Waals surface area contributed by atoms with Gasteiger partial charge < -0.3 is 4.42 Å². The highest BCUT2D eigenvalue weighted by Gasteiger charge is 2.15. The van der Waals surface area contributed by atoms with E-state index >= 15 is 0 Å². The van der Waals surface area contributed by atoms with Gasteiger partial charge in [-0.15, -0.1) is 10.2 Å². The van der Waals surface area contributed by atoms with Gasteiger partial charge in [-0.3, -0.25) is 10.1 Å². The van der Waals surface area contributed by atoms with Crippen molar-refractivity contribution in [3.05, 3.63) is 35.6 Å². The minimum absolute atomic E-state index is 0.274. The first-order valence-corrected chi connectivity index (χ1v) is 8.24. The number of carbonyl (C=O) groups excluding carboxylic acids is 1. The van der Waals surface area contributed by atoms with Crippen molar-refractivity contribution >= 4 is 45.1 Å². The largest absolute Gasteiger partial charge is 0.451 e. The zero-order chi connectivity index (χ0) is 14.8. The molecule has 1 amide bonds. The molecule has 0 aliphatic carbocycles. The predicted octanol–water partition coefficient (Wildman–Crippen LogP) is 3.96. The molecule has 0 saturated carbocycles. The van der Waals surface area contributed by atoms with Crippen molar-refractivity contribution in [3.8, 4) is 0 Å². The van der Waals surface area contributed by atoms with Crippen LogP contribution in [0.4, 0.5) is 5.13 Å². The number of thioether (sulfide) groups is 1. The summed E-state index contributed by atoms with van der Waals surface area (Å²) in [5.74, 6) is 0.884. The zero-order valence-corrected chi connectivity index (χ0v) is 13.2. The lowest BCUT2D eigenvalue weighted by molar-refractivity contribution is 0.0998. The minimum Gasteiger partial charge on any atom is -0.451 e. The van der Waals surface area contributed by atoms with Crippen molar-refractivity contribution in [2.24, 2.45) is 0 Å². The number of hydrogen-bond donors (Lipinski definition) is 1. The van der Waals surface area contributed by atoms with Crippen LogP contribution in [0.2, 0.25) is 0 Å². The molecule has 0 radical (unpaired) electrons. The molecule has 108 valence electrons. The first-order chi connectivity index (χ1) is 10.2. The summed E-state index contributed by atoms with van der Waals surface area (Å²) in [6.45, 7) is 4.04. The quantitative estimate of drug-likeness (QED) is 0.582. The van der Waals surface area contributed by atoms with Gasteiger partial charge in [0.1, 0.15) is 5.58 Å². The summed E-state index contributed by atoms with van der Waals surface area (Å²) < 4.78 is 6.39. The van der Waals surface area contributed by atoms with Gasteiger partial charge in [0.2, 0.25) is 5.13 Å². The van der Waals surface area contributed by atoms with E-state index in [0.29, 0.717) is 10.7 Å². The molecule has 1 N–H and O–H groups in total. The van der Waals surface area contributed by atoms with Gasteiger partial charge in [-0.25, -0.2) is 0 Å². The number of aryl methyl sites for hydroxylation is 1. The van der Waals surface area contributed by atoms with Crippen LogP contribution >= 0.6 is 23.1 Å². The molecule has 7 heteroatoms. The van der Waals surface area contributed by atoms with Crippen molar-refractivity contribution in [2.45, 2.75) is 18.2 Å². The lowest BCUT2D eigenvalue weighted by atomic mass is 10.2. The Hall–Kier alpha value is -1.86. The van der Waals surface area contributed by atoms with E-state index in [1.54, 1.807) is 17.8 Å². The van der Waals surface area contributed by atoms with Gasteiger partial charge in [0.25, 0.3) is 5.91 Å². The van der Waals surface area contributed by atoms with Crippen LogP contribution in [0, 0.1) is 6.92 Å². The summed E-state index contributed by atoms with van der Waals surface area (Å²) in [5, 5.41) is 12.0. The fourth-order valence-electron chi connectivity index (χ4n) is 1.88. The fourth-order valence-corrected chi connectivity index (χ4v) is 3.52. The first-order valence-electron chi connectivity index (χ1n) is 6.43. The molecule has 0 spiro atoms. The number of benzene rings is 1. The van der Waals surface area contributed by atoms with Crippen molar-refractivity contribution in [3.63, 3.8) is 0 Å². The monoisotopic (exact) mass is 319 g/mol. The van der Waals surface area contributed by atoms with Gasteiger partial charge >= 0.3 is 0 Å². The highest BCUT2D eigenvalue weighted by atomic mass is 32.2. The molecule has 2 heterocycles. The molecule has 0 aliphatic heterocycles. The molecule has 0 bridgehead atoms. The third-order valence-electron chi connectivity index (χ3n) is 2.79. The maximum atomic E-state index is 12.2. The standard InChI is InChI=1S/C14H13N3O2S2/c1-3-20-14-17-16-13(21-14)15-12(18)11-7-9-6-8(2)4-5-10(9)19-11/h4-7H,3H2,1-2H3,(H,15,16,18). The molecular formula is C14H13N3O2S2. The van der Waals surface area contributed by atoms with E-state index in [1.165, 1.54) is 11.3 Å². The Morgan fingerprint density at radius 2 is 2.24 bits per heavy atom. The Labute approximate surface area is 129 Å². The van der Waals surface area contributed by atoms with Crippen LogP contribution in [-0.2, 0) is 0 Å². The van der Waals surface area contributed by atoms with Gasteiger partial charge in [-0.1, -0.05) is 41.7 Å². The third-order valence-corrected chi connectivity index (χ3v) is 4.64. The molecule has 3 rings (SSSR count). The molecule has 0 fully saturated rings. The van der Waals surface area contributed by atoms with Crippen molar-refractivity contribution < 1.29 is 9.21 Å². The van der Waals surface area contributed by atoms with E-state index in [0.717, 1.165) is 21.0 Å². The number of rotatable bonds is 4. The second-order valence-electron chi connectivity index (χ2n) is 4.41. The lowest BCUT2D eigenvalue weighted by Crippen LogP contribution is -2.10. The summed E-state index contributed by atoms with van der Waals surface area (Å²) >= 11 is 2.95. The van der Waals surface area contributed by atoms with E-state index in [9.17, 15) is 4.79 Å². The Morgan fingerprint density at radius 3 is 3.05 bits per heavy atom. The minimum atomic E-state index is -0.312. The van der Waals surface area contributed by atoms with Crippen LogP contribution in [0.1, 0.15) is 23.0 Å². The number of nitrogens with one attached hydrogen (secondary N) is 1. The van der Waals surface area contributed by atoms with Crippen LogP contribution < -0.4 is 5.32 Å². The molecule has 1 aromatic carbocycles. The highest BCUT2D eigenvalue weighted by molar-refractivity contribution is 8.01. The van der Waals surface area contributed by atoms with Crippen molar-refractivity contribution in [2.75, 3.05) is 11.1 Å². The molecule has 21 heavy (non-hydrogen) atoms. The van der Waals surface area contributed by atoms with E-state index in [4.69, 9.17) is 4.42 Å². The maximum Gasteiger partial charge on any atom is 0.293 e. The summed E-state index contributed by atoms with van der Waals surface area (Å²) in [6, 6.07) is 7.53. The van der Waals surface area contributed by atoms with Crippen molar-refractivity contribution in [1.29, 1.82) is 0 Å². The molecule has 0 aliphatic rings. The maximum absolute atomic E-state index is 12.2. The number of anilines is 1. The summed E-state index contributed by atoms with van der Waals surface area (Å²) in [5.41, 5.74) is 1.82. The van der Waals surface area contributed by atoms with Gasteiger partial charge in [0.05, 0.1) is 0 Å². The average Bonchev–Trinajstić information content (AvgIpc) is 3.05. The Balaban J connectivity index is 1.79. The van der Waals surface area contributed by atoms with E-state index in [1.807, 2.05) is 32.0 Å². The number of aromatic nitrogens is 2. The third kappa shape index (κ3) is 3.08. The van der Waals surface area contributed by atoms with Crippen LogP contribution in [0.3, 0.4) is 0 Å². The fraction of sp³-hybridized carbons (Fsp3) is 0.214. The van der Waals surface area contributed by atoms with E-state index in [2.05, 4.69) is 15.5 Å². The second kappa shape index (κ2) is 5.87.